The Morgan fingerprint density at radius 3 is 2.43 bits per heavy atom. The third-order valence-electron chi connectivity index (χ3n) is 3.02. The van der Waals surface area contributed by atoms with Gasteiger partial charge >= 0.3 is 11.9 Å². The van der Waals surface area contributed by atoms with Gasteiger partial charge in [0, 0.05) is 6.20 Å². The molecule has 0 amide bonds. The van der Waals surface area contributed by atoms with Crippen molar-refractivity contribution in [3.63, 3.8) is 0 Å². The highest BCUT2D eigenvalue weighted by Gasteiger charge is 2.23. The molecular weight excluding hydrogens is 276 g/mol. The summed E-state index contributed by atoms with van der Waals surface area (Å²) in [6, 6.07) is 6.30. The van der Waals surface area contributed by atoms with Crippen LogP contribution in [0, 0.1) is 0 Å². The van der Waals surface area contributed by atoms with Crippen LogP contribution < -0.4 is 5.56 Å². The van der Waals surface area contributed by atoms with Crippen LogP contribution in [0.15, 0.2) is 41.3 Å². The van der Waals surface area contributed by atoms with Gasteiger partial charge in [-0.05, 0) is 31.2 Å². The fraction of sp³-hybridized carbons (Fsp3) is 0.143. The van der Waals surface area contributed by atoms with Crippen molar-refractivity contribution in [3.8, 4) is 11.4 Å². The van der Waals surface area contributed by atoms with Crippen LogP contribution in [0.3, 0.4) is 0 Å². The minimum absolute atomic E-state index is 0.250. The molecule has 21 heavy (non-hydrogen) atoms. The molecule has 1 atom stereocenters. The standard InChI is InChI=1S/C14H12N2O5/c1-8(13(18)19)16-11(10-4-2-3-7-15-10)6-5-9(12(16)17)14(20)21/h2-8H,1H3,(H,18,19)(H,20,21). The summed E-state index contributed by atoms with van der Waals surface area (Å²) in [4.78, 5) is 38.5. The second-order valence-electron chi connectivity index (χ2n) is 4.34. The summed E-state index contributed by atoms with van der Waals surface area (Å²) < 4.78 is 0.925. The first kappa shape index (κ1) is 14.4. The number of carboxylic acid groups (broad SMARTS) is 2. The lowest BCUT2D eigenvalue weighted by molar-refractivity contribution is -0.140. The maximum absolute atomic E-state index is 12.2. The zero-order valence-corrected chi connectivity index (χ0v) is 11.1. The topological polar surface area (TPSA) is 109 Å². The lowest BCUT2D eigenvalue weighted by Crippen LogP contribution is -2.33. The number of hydrogen-bond acceptors (Lipinski definition) is 4. The van der Waals surface area contributed by atoms with Crippen molar-refractivity contribution in [2.24, 2.45) is 0 Å². The van der Waals surface area contributed by atoms with E-state index < -0.39 is 29.1 Å². The molecular formula is C14H12N2O5. The molecule has 7 heteroatoms. The molecule has 108 valence electrons. The van der Waals surface area contributed by atoms with Gasteiger partial charge in [-0.2, -0.15) is 0 Å². The maximum Gasteiger partial charge on any atom is 0.341 e. The first-order chi connectivity index (χ1) is 9.93. The molecule has 0 spiro atoms. The smallest absolute Gasteiger partial charge is 0.341 e. The molecule has 0 saturated carbocycles. The minimum Gasteiger partial charge on any atom is -0.480 e. The van der Waals surface area contributed by atoms with Crippen LogP contribution in [0.5, 0.6) is 0 Å². The van der Waals surface area contributed by atoms with Crippen LogP contribution >= 0.6 is 0 Å². The van der Waals surface area contributed by atoms with Gasteiger partial charge in [0.1, 0.15) is 11.6 Å². The summed E-state index contributed by atoms with van der Waals surface area (Å²) in [6.45, 7) is 1.31. The molecule has 1 unspecified atom stereocenters. The van der Waals surface area contributed by atoms with Gasteiger partial charge in [0.05, 0.1) is 11.4 Å². The van der Waals surface area contributed by atoms with Crippen molar-refractivity contribution >= 4 is 11.9 Å². The van der Waals surface area contributed by atoms with Crippen LogP contribution in [0.25, 0.3) is 11.4 Å². The summed E-state index contributed by atoms with van der Waals surface area (Å²) in [5.41, 5.74) is -0.719. The number of aromatic carboxylic acids is 1. The van der Waals surface area contributed by atoms with Crippen molar-refractivity contribution in [2.75, 3.05) is 0 Å². The van der Waals surface area contributed by atoms with Gasteiger partial charge in [-0.1, -0.05) is 6.07 Å². The Kier molecular flexibility index (Phi) is 3.84. The van der Waals surface area contributed by atoms with Crippen LogP contribution in [0.1, 0.15) is 23.3 Å². The van der Waals surface area contributed by atoms with E-state index in [0.717, 1.165) is 10.6 Å². The molecule has 0 aromatic carbocycles. The predicted octanol–water partition coefficient (Wildman–Crippen LogP) is 1.25. The molecule has 0 aliphatic rings. The fourth-order valence-electron chi connectivity index (χ4n) is 1.93. The van der Waals surface area contributed by atoms with Crippen LogP contribution in [-0.4, -0.2) is 31.7 Å². The number of aliphatic carboxylic acids is 1. The van der Waals surface area contributed by atoms with E-state index in [1.54, 1.807) is 18.2 Å². The number of aromatic nitrogens is 2. The molecule has 2 heterocycles. The number of carbonyl (C=O) groups is 2. The molecule has 0 aliphatic heterocycles. The van der Waals surface area contributed by atoms with E-state index >= 15 is 0 Å². The van der Waals surface area contributed by atoms with Crippen LogP contribution in [-0.2, 0) is 4.79 Å². The Labute approximate surface area is 119 Å². The van der Waals surface area contributed by atoms with E-state index in [-0.39, 0.29) is 5.69 Å². The Morgan fingerprint density at radius 2 is 1.90 bits per heavy atom. The summed E-state index contributed by atoms with van der Waals surface area (Å²) in [7, 11) is 0. The van der Waals surface area contributed by atoms with E-state index in [1.807, 2.05) is 0 Å². The Morgan fingerprint density at radius 1 is 1.19 bits per heavy atom. The molecule has 7 nitrogen and oxygen atoms in total. The van der Waals surface area contributed by atoms with Crippen molar-refractivity contribution in [1.29, 1.82) is 0 Å². The molecule has 2 rings (SSSR count). The minimum atomic E-state index is -1.40. The highest BCUT2D eigenvalue weighted by Crippen LogP contribution is 2.19. The van der Waals surface area contributed by atoms with Crippen molar-refractivity contribution in [1.82, 2.24) is 9.55 Å². The molecule has 0 bridgehead atoms. The monoisotopic (exact) mass is 288 g/mol. The maximum atomic E-state index is 12.2. The van der Waals surface area contributed by atoms with Gasteiger partial charge in [-0.15, -0.1) is 0 Å². The molecule has 0 saturated heterocycles. The third-order valence-corrected chi connectivity index (χ3v) is 3.02. The number of carboxylic acids is 2. The number of nitrogens with zero attached hydrogens (tertiary/aromatic N) is 2. The van der Waals surface area contributed by atoms with Gasteiger partial charge in [-0.25, -0.2) is 9.59 Å². The average Bonchev–Trinajstić information content (AvgIpc) is 2.46. The normalized spacial score (nSPS) is 11.9. The molecule has 0 aliphatic carbocycles. The second-order valence-corrected chi connectivity index (χ2v) is 4.34. The summed E-state index contributed by atoms with van der Waals surface area (Å²) in [6.07, 6.45) is 1.50. The zero-order chi connectivity index (χ0) is 15.6. The van der Waals surface area contributed by atoms with Gasteiger partial charge < -0.3 is 10.2 Å². The predicted molar refractivity (Wildman–Crippen MR) is 73.2 cm³/mol. The van der Waals surface area contributed by atoms with Gasteiger partial charge in [0.2, 0.25) is 0 Å². The Bertz CT molecular complexity index is 752. The number of hydrogen-bond donors (Lipinski definition) is 2. The number of pyridine rings is 2. The summed E-state index contributed by atoms with van der Waals surface area (Å²) in [5, 5.41) is 18.1. The Balaban J connectivity index is 2.78. The number of rotatable bonds is 4. The first-order valence-electron chi connectivity index (χ1n) is 6.06. The van der Waals surface area contributed by atoms with E-state index in [0.29, 0.717) is 5.69 Å². The highest BCUT2D eigenvalue weighted by atomic mass is 16.4. The zero-order valence-electron chi connectivity index (χ0n) is 11.1. The van der Waals surface area contributed by atoms with Gasteiger partial charge in [-0.3, -0.25) is 14.3 Å². The Hall–Kier alpha value is -2.96. The third kappa shape index (κ3) is 2.66. The largest absolute Gasteiger partial charge is 0.480 e. The van der Waals surface area contributed by atoms with Gasteiger partial charge in [0.25, 0.3) is 5.56 Å². The fourth-order valence-corrected chi connectivity index (χ4v) is 1.93. The SMILES string of the molecule is CC(C(=O)O)n1c(-c2ccccn2)ccc(C(=O)O)c1=O. The van der Waals surface area contributed by atoms with Crippen molar-refractivity contribution in [2.45, 2.75) is 13.0 Å². The van der Waals surface area contributed by atoms with Crippen molar-refractivity contribution < 1.29 is 19.8 Å². The first-order valence-corrected chi connectivity index (χ1v) is 6.06. The van der Waals surface area contributed by atoms with E-state index in [4.69, 9.17) is 10.2 Å². The average molecular weight is 288 g/mol. The summed E-state index contributed by atoms with van der Waals surface area (Å²) in [5.74, 6) is -2.64. The molecule has 0 radical (unpaired) electrons. The van der Waals surface area contributed by atoms with E-state index in [9.17, 15) is 14.4 Å². The van der Waals surface area contributed by atoms with Crippen molar-refractivity contribution in [3.05, 3.63) is 52.4 Å². The van der Waals surface area contributed by atoms with E-state index in [2.05, 4.69) is 4.98 Å². The molecule has 2 aromatic heterocycles. The van der Waals surface area contributed by atoms with Crippen LogP contribution in [0.2, 0.25) is 0 Å². The molecule has 0 fully saturated rings. The lowest BCUT2D eigenvalue weighted by Gasteiger charge is -2.16. The summed E-state index contributed by atoms with van der Waals surface area (Å²) >= 11 is 0. The lowest BCUT2D eigenvalue weighted by atomic mass is 10.1. The van der Waals surface area contributed by atoms with E-state index in [1.165, 1.54) is 19.2 Å². The van der Waals surface area contributed by atoms with Gasteiger partial charge in [0.15, 0.2) is 0 Å². The molecule has 2 aromatic rings. The van der Waals surface area contributed by atoms with Crippen LogP contribution in [0.4, 0.5) is 0 Å². The second kappa shape index (κ2) is 5.58. The quantitative estimate of drug-likeness (QED) is 0.876. The highest BCUT2D eigenvalue weighted by molar-refractivity contribution is 5.87. The molecule has 2 N–H and O–H groups in total.